The fraction of sp³-hybridized carbons (Fsp3) is 0.385. The van der Waals surface area contributed by atoms with Crippen LogP contribution in [0, 0.1) is 5.92 Å². The highest BCUT2D eigenvalue weighted by atomic mass is 16.7. The molecule has 0 fully saturated rings. The molecule has 1 atom stereocenters. The van der Waals surface area contributed by atoms with E-state index in [0.717, 1.165) is 0 Å². The zero-order valence-electron chi connectivity index (χ0n) is 11.0. The molecule has 1 aromatic carbocycles. The summed E-state index contributed by atoms with van der Waals surface area (Å²) in [6, 6.07) is 4.70. The third-order valence-electron chi connectivity index (χ3n) is 2.76. The van der Waals surface area contributed by atoms with Crippen molar-refractivity contribution in [1.29, 1.82) is 0 Å². The lowest BCUT2D eigenvalue weighted by molar-refractivity contribution is -0.137. The zero-order chi connectivity index (χ0) is 14.5. The molecule has 0 aliphatic carbocycles. The van der Waals surface area contributed by atoms with Gasteiger partial charge in [0, 0.05) is 24.7 Å². The molecule has 108 valence electrons. The molecule has 3 N–H and O–H groups in total. The lowest BCUT2D eigenvalue weighted by atomic mass is 10.1. The summed E-state index contributed by atoms with van der Waals surface area (Å²) in [5.41, 5.74) is 0.581. The first kappa shape index (κ1) is 14.0. The number of urea groups is 1. The van der Waals surface area contributed by atoms with Crippen LogP contribution >= 0.6 is 0 Å². The predicted molar refractivity (Wildman–Crippen MR) is 71.0 cm³/mol. The van der Waals surface area contributed by atoms with Crippen LogP contribution in [0.2, 0.25) is 0 Å². The molecule has 1 unspecified atom stereocenters. The van der Waals surface area contributed by atoms with Gasteiger partial charge in [0.25, 0.3) is 0 Å². The van der Waals surface area contributed by atoms with Crippen LogP contribution in [0.25, 0.3) is 0 Å². The summed E-state index contributed by atoms with van der Waals surface area (Å²) >= 11 is 0. The van der Waals surface area contributed by atoms with E-state index in [1.807, 2.05) is 0 Å². The molecule has 0 spiro atoms. The number of hydrogen-bond acceptors (Lipinski definition) is 4. The quantitative estimate of drug-likeness (QED) is 0.762. The normalized spacial score (nSPS) is 13.7. The lowest BCUT2D eigenvalue weighted by Crippen LogP contribution is -2.32. The van der Waals surface area contributed by atoms with Crippen molar-refractivity contribution in [3.8, 4) is 11.5 Å². The van der Waals surface area contributed by atoms with Crippen LogP contribution in [-0.2, 0) is 4.79 Å². The third-order valence-corrected chi connectivity index (χ3v) is 2.76. The Morgan fingerprint density at radius 2 is 2.10 bits per heavy atom. The third kappa shape index (κ3) is 3.78. The van der Waals surface area contributed by atoms with Crippen molar-refractivity contribution < 1.29 is 24.2 Å². The molecule has 1 aliphatic heterocycles. The van der Waals surface area contributed by atoms with Crippen molar-refractivity contribution in [2.75, 3.05) is 18.7 Å². The number of aliphatic carboxylic acids is 1. The van der Waals surface area contributed by atoms with Crippen LogP contribution in [0.3, 0.4) is 0 Å². The maximum Gasteiger partial charge on any atom is 0.319 e. The van der Waals surface area contributed by atoms with Gasteiger partial charge in [0.05, 0.1) is 0 Å². The van der Waals surface area contributed by atoms with E-state index in [2.05, 4.69) is 10.6 Å². The van der Waals surface area contributed by atoms with E-state index in [1.54, 1.807) is 25.1 Å². The highest BCUT2D eigenvalue weighted by molar-refractivity contribution is 5.89. The molecule has 0 aromatic heterocycles. The summed E-state index contributed by atoms with van der Waals surface area (Å²) in [6.07, 6.45) is 0.0182. The molecule has 7 heteroatoms. The van der Waals surface area contributed by atoms with E-state index in [-0.39, 0.29) is 25.2 Å². The number of ether oxygens (including phenoxy) is 2. The van der Waals surface area contributed by atoms with Gasteiger partial charge in [0.1, 0.15) is 0 Å². The van der Waals surface area contributed by atoms with Gasteiger partial charge in [-0.2, -0.15) is 0 Å². The monoisotopic (exact) mass is 280 g/mol. The second-order valence-electron chi connectivity index (χ2n) is 4.61. The Hall–Kier alpha value is -2.44. The smallest absolute Gasteiger partial charge is 0.319 e. The first-order valence-corrected chi connectivity index (χ1v) is 6.21. The van der Waals surface area contributed by atoms with Crippen LogP contribution < -0.4 is 20.1 Å². The summed E-state index contributed by atoms with van der Waals surface area (Å²) in [7, 11) is 0. The Bertz CT molecular complexity index is 517. The second-order valence-corrected chi connectivity index (χ2v) is 4.61. The predicted octanol–water partition coefficient (Wildman–Crippen LogP) is 1.65. The molecular weight excluding hydrogens is 264 g/mol. The number of amides is 2. The Morgan fingerprint density at radius 3 is 2.85 bits per heavy atom. The molecule has 20 heavy (non-hydrogen) atoms. The molecular formula is C13H16N2O5. The molecule has 0 bridgehead atoms. The minimum absolute atomic E-state index is 0.0182. The van der Waals surface area contributed by atoms with Gasteiger partial charge in [-0.1, -0.05) is 6.92 Å². The Morgan fingerprint density at radius 1 is 1.35 bits per heavy atom. The summed E-state index contributed by atoms with van der Waals surface area (Å²) in [6.45, 7) is 2.23. The molecule has 2 rings (SSSR count). The van der Waals surface area contributed by atoms with E-state index in [4.69, 9.17) is 14.6 Å². The van der Waals surface area contributed by atoms with E-state index in [9.17, 15) is 9.59 Å². The summed E-state index contributed by atoms with van der Waals surface area (Å²) in [5, 5.41) is 13.9. The number of carboxylic acids is 1. The van der Waals surface area contributed by atoms with Crippen LogP contribution in [0.4, 0.5) is 10.5 Å². The molecule has 0 saturated carbocycles. The fourth-order valence-electron chi connectivity index (χ4n) is 1.79. The first-order chi connectivity index (χ1) is 9.54. The Balaban J connectivity index is 1.81. The molecule has 0 radical (unpaired) electrons. The summed E-state index contributed by atoms with van der Waals surface area (Å²) in [4.78, 5) is 22.2. The van der Waals surface area contributed by atoms with Crippen molar-refractivity contribution in [1.82, 2.24) is 5.32 Å². The average Bonchev–Trinajstić information content (AvgIpc) is 2.83. The van der Waals surface area contributed by atoms with Gasteiger partial charge in [-0.15, -0.1) is 0 Å². The molecule has 7 nitrogen and oxygen atoms in total. The zero-order valence-corrected chi connectivity index (χ0v) is 11.0. The number of carbonyl (C=O) groups is 2. The first-order valence-electron chi connectivity index (χ1n) is 6.21. The number of anilines is 1. The van der Waals surface area contributed by atoms with Gasteiger partial charge < -0.3 is 25.2 Å². The Kier molecular flexibility index (Phi) is 4.29. The highest BCUT2D eigenvalue weighted by Crippen LogP contribution is 2.34. The van der Waals surface area contributed by atoms with Gasteiger partial charge in [0.15, 0.2) is 11.5 Å². The van der Waals surface area contributed by atoms with Gasteiger partial charge in [-0.05, 0) is 18.1 Å². The largest absolute Gasteiger partial charge is 0.481 e. The number of fused-ring (bicyclic) bond motifs is 1. The number of carboxylic acid groups (broad SMARTS) is 1. The summed E-state index contributed by atoms with van der Waals surface area (Å²) in [5.74, 6) is 0.221. The molecule has 1 aliphatic rings. The van der Waals surface area contributed by atoms with Gasteiger partial charge in [0.2, 0.25) is 6.79 Å². The van der Waals surface area contributed by atoms with Crippen LogP contribution in [0.1, 0.15) is 13.3 Å². The topological polar surface area (TPSA) is 96.9 Å². The maximum atomic E-state index is 11.7. The van der Waals surface area contributed by atoms with Gasteiger partial charge >= 0.3 is 12.0 Å². The van der Waals surface area contributed by atoms with Crippen LogP contribution in [0.15, 0.2) is 18.2 Å². The Labute approximate surface area is 115 Å². The standard InChI is InChI=1S/C13H16N2O5/c1-8(4-12(16)17)6-14-13(18)15-9-2-3-10-11(5-9)20-7-19-10/h2-3,5,8H,4,6-7H2,1H3,(H,16,17)(H2,14,15,18). The van der Waals surface area contributed by atoms with E-state index in [1.165, 1.54) is 0 Å². The number of benzene rings is 1. The van der Waals surface area contributed by atoms with Gasteiger partial charge in [-0.3, -0.25) is 4.79 Å². The number of nitrogens with one attached hydrogen (secondary N) is 2. The van der Waals surface area contributed by atoms with E-state index >= 15 is 0 Å². The number of rotatable bonds is 5. The fourth-order valence-corrected chi connectivity index (χ4v) is 1.79. The van der Waals surface area contributed by atoms with Crippen LogP contribution in [0.5, 0.6) is 11.5 Å². The molecule has 0 saturated heterocycles. The minimum atomic E-state index is -0.879. The SMILES string of the molecule is CC(CNC(=O)Nc1ccc2c(c1)OCO2)CC(=O)O. The maximum absolute atomic E-state index is 11.7. The molecule has 1 aromatic rings. The van der Waals surface area contributed by atoms with Crippen molar-refractivity contribution >= 4 is 17.7 Å². The number of carbonyl (C=O) groups excluding carboxylic acids is 1. The van der Waals surface area contributed by atoms with Crippen molar-refractivity contribution in [2.45, 2.75) is 13.3 Å². The van der Waals surface area contributed by atoms with Crippen molar-refractivity contribution in [3.63, 3.8) is 0 Å². The molecule has 1 heterocycles. The van der Waals surface area contributed by atoms with E-state index < -0.39 is 5.97 Å². The lowest BCUT2D eigenvalue weighted by Gasteiger charge is -2.11. The highest BCUT2D eigenvalue weighted by Gasteiger charge is 2.14. The average molecular weight is 280 g/mol. The van der Waals surface area contributed by atoms with Gasteiger partial charge in [-0.25, -0.2) is 4.79 Å². The van der Waals surface area contributed by atoms with Crippen molar-refractivity contribution in [2.24, 2.45) is 5.92 Å². The van der Waals surface area contributed by atoms with Crippen molar-refractivity contribution in [3.05, 3.63) is 18.2 Å². The minimum Gasteiger partial charge on any atom is -0.481 e. The number of hydrogen-bond donors (Lipinski definition) is 3. The van der Waals surface area contributed by atoms with E-state index in [0.29, 0.717) is 23.7 Å². The second kappa shape index (κ2) is 6.14. The van der Waals surface area contributed by atoms with Crippen LogP contribution in [-0.4, -0.2) is 30.4 Å². The summed E-state index contributed by atoms with van der Waals surface area (Å²) < 4.78 is 10.4. The molecule has 2 amide bonds.